The number of nitrogens with one attached hydrogen (secondary N) is 2. The van der Waals surface area contributed by atoms with Gasteiger partial charge in [0.2, 0.25) is 10.0 Å². The molecule has 0 saturated carbocycles. The Labute approximate surface area is 191 Å². The van der Waals surface area contributed by atoms with Crippen molar-refractivity contribution in [2.24, 2.45) is 0 Å². The molecule has 170 valence electrons. The molecule has 0 radical (unpaired) electrons. The molecule has 0 aliphatic carbocycles. The number of morpholine rings is 1. The van der Waals surface area contributed by atoms with Crippen molar-refractivity contribution < 1.29 is 22.7 Å². The molecule has 33 heavy (non-hydrogen) atoms. The number of carbonyl (C=O) groups is 2. The average molecular weight is 467 g/mol. The molecule has 4 rings (SSSR count). The quantitative estimate of drug-likeness (QED) is 0.577. The average Bonchev–Trinajstić information content (AvgIpc) is 2.85. The number of sulfonamides is 1. The molecule has 3 aromatic rings. The molecular weight excluding hydrogens is 444 g/mol. The molecule has 1 aliphatic rings. The van der Waals surface area contributed by atoms with Gasteiger partial charge in [-0.15, -0.1) is 0 Å². The van der Waals surface area contributed by atoms with Crippen molar-refractivity contribution in [2.45, 2.75) is 4.90 Å². The zero-order valence-corrected chi connectivity index (χ0v) is 18.4. The number of hydrogen-bond donors (Lipinski definition) is 2. The van der Waals surface area contributed by atoms with Crippen LogP contribution in [0.25, 0.3) is 0 Å². The maximum Gasteiger partial charge on any atom is 0.255 e. The largest absolute Gasteiger partial charge is 0.379 e. The first-order chi connectivity index (χ1) is 15.9. The van der Waals surface area contributed by atoms with E-state index in [0.717, 1.165) is 0 Å². The first kappa shape index (κ1) is 22.6. The van der Waals surface area contributed by atoms with E-state index in [1.54, 1.807) is 48.8 Å². The molecule has 10 heteroatoms. The van der Waals surface area contributed by atoms with Gasteiger partial charge in [-0.25, -0.2) is 8.42 Å². The Balaban J connectivity index is 1.38. The van der Waals surface area contributed by atoms with E-state index in [1.807, 2.05) is 0 Å². The fraction of sp³-hybridized carbons (Fsp3) is 0.174. The lowest BCUT2D eigenvalue weighted by Crippen LogP contribution is -2.40. The van der Waals surface area contributed by atoms with E-state index in [4.69, 9.17) is 4.74 Å². The highest BCUT2D eigenvalue weighted by atomic mass is 32.2. The summed E-state index contributed by atoms with van der Waals surface area (Å²) >= 11 is 0. The van der Waals surface area contributed by atoms with Crippen LogP contribution in [0, 0.1) is 0 Å². The van der Waals surface area contributed by atoms with E-state index in [0.29, 0.717) is 48.8 Å². The second-order valence-corrected chi connectivity index (χ2v) is 9.21. The standard InChI is InChI=1S/C23H22N4O5S/c28-22(18-5-9-21(10-6-18)33(30,31)27-12-14-32-15-13-27)25-19-7-3-17(4-8-19)23(29)26-20-2-1-11-24-16-20/h1-11,16H,12-15H2,(H,25,28)(H,26,29). The van der Waals surface area contributed by atoms with Crippen LogP contribution < -0.4 is 10.6 Å². The summed E-state index contributed by atoms with van der Waals surface area (Å²) in [6, 6.07) is 15.7. The van der Waals surface area contributed by atoms with Crippen LogP contribution in [0.1, 0.15) is 20.7 Å². The van der Waals surface area contributed by atoms with Crippen molar-refractivity contribution in [3.05, 3.63) is 84.2 Å². The van der Waals surface area contributed by atoms with E-state index >= 15 is 0 Å². The monoisotopic (exact) mass is 466 g/mol. The molecular formula is C23H22N4O5S. The number of hydrogen-bond acceptors (Lipinski definition) is 6. The van der Waals surface area contributed by atoms with E-state index in [9.17, 15) is 18.0 Å². The predicted octanol–water partition coefficient (Wildman–Crippen LogP) is 2.61. The Bertz CT molecular complexity index is 1220. The lowest BCUT2D eigenvalue weighted by Gasteiger charge is -2.26. The van der Waals surface area contributed by atoms with Gasteiger partial charge in [0.1, 0.15) is 0 Å². The van der Waals surface area contributed by atoms with Crippen LogP contribution in [-0.2, 0) is 14.8 Å². The third kappa shape index (κ3) is 5.43. The van der Waals surface area contributed by atoms with Gasteiger partial charge in [-0.2, -0.15) is 4.31 Å². The summed E-state index contributed by atoms with van der Waals surface area (Å²) in [6.45, 7) is 1.34. The molecule has 9 nitrogen and oxygen atoms in total. The predicted molar refractivity (Wildman–Crippen MR) is 123 cm³/mol. The summed E-state index contributed by atoms with van der Waals surface area (Å²) in [4.78, 5) is 28.9. The van der Waals surface area contributed by atoms with Crippen molar-refractivity contribution in [1.82, 2.24) is 9.29 Å². The minimum Gasteiger partial charge on any atom is -0.379 e. The Hall–Kier alpha value is -3.60. The Morgan fingerprint density at radius 3 is 1.97 bits per heavy atom. The third-order valence-electron chi connectivity index (χ3n) is 5.05. The molecule has 2 N–H and O–H groups in total. The highest BCUT2D eigenvalue weighted by Crippen LogP contribution is 2.19. The van der Waals surface area contributed by atoms with E-state index < -0.39 is 15.9 Å². The highest BCUT2D eigenvalue weighted by molar-refractivity contribution is 7.89. The number of pyridine rings is 1. The van der Waals surface area contributed by atoms with Crippen LogP contribution in [0.4, 0.5) is 11.4 Å². The molecule has 0 spiro atoms. The number of benzene rings is 2. The van der Waals surface area contributed by atoms with Gasteiger partial charge in [0.05, 0.1) is 30.0 Å². The van der Waals surface area contributed by atoms with Crippen molar-refractivity contribution >= 4 is 33.2 Å². The Morgan fingerprint density at radius 1 is 0.818 bits per heavy atom. The van der Waals surface area contributed by atoms with Gasteiger partial charge in [0, 0.05) is 36.1 Å². The molecule has 0 bridgehead atoms. The van der Waals surface area contributed by atoms with E-state index in [1.165, 1.54) is 28.6 Å². The first-order valence-corrected chi connectivity index (χ1v) is 11.7. The lowest BCUT2D eigenvalue weighted by atomic mass is 10.1. The lowest BCUT2D eigenvalue weighted by molar-refractivity contribution is 0.0730. The van der Waals surface area contributed by atoms with Crippen LogP contribution in [-0.4, -0.2) is 55.8 Å². The third-order valence-corrected chi connectivity index (χ3v) is 6.96. The number of ether oxygens (including phenoxy) is 1. The Morgan fingerprint density at radius 2 is 1.39 bits per heavy atom. The number of nitrogens with zero attached hydrogens (tertiary/aromatic N) is 2. The summed E-state index contributed by atoms with van der Waals surface area (Å²) in [5.41, 5.74) is 1.82. The van der Waals surface area contributed by atoms with Crippen molar-refractivity contribution in [3.63, 3.8) is 0 Å². The molecule has 0 unspecified atom stereocenters. The second kappa shape index (κ2) is 9.90. The summed E-state index contributed by atoms with van der Waals surface area (Å²) in [6.07, 6.45) is 3.16. The van der Waals surface area contributed by atoms with Crippen molar-refractivity contribution in [3.8, 4) is 0 Å². The fourth-order valence-electron chi connectivity index (χ4n) is 3.26. The number of anilines is 2. The smallest absolute Gasteiger partial charge is 0.255 e. The van der Waals surface area contributed by atoms with Crippen LogP contribution >= 0.6 is 0 Å². The first-order valence-electron chi connectivity index (χ1n) is 10.2. The molecule has 2 heterocycles. The summed E-state index contributed by atoms with van der Waals surface area (Å²) in [7, 11) is -3.62. The number of rotatable bonds is 6. The van der Waals surface area contributed by atoms with E-state index in [2.05, 4.69) is 15.6 Å². The number of amides is 2. The van der Waals surface area contributed by atoms with Gasteiger partial charge in [0.25, 0.3) is 11.8 Å². The van der Waals surface area contributed by atoms with Crippen molar-refractivity contribution in [2.75, 3.05) is 36.9 Å². The van der Waals surface area contributed by atoms with Gasteiger partial charge >= 0.3 is 0 Å². The maximum atomic E-state index is 12.7. The second-order valence-electron chi connectivity index (χ2n) is 7.27. The molecule has 1 aliphatic heterocycles. The summed E-state index contributed by atoms with van der Waals surface area (Å²) in [5.74, 6) is -0.684. The van der Waals surface area contributed by atoms with Crippen LogP contribution in [0.2, 0.25) is 0 Å². The SMILES string of the molecule is O=C(Nc1ccc(C(=O)Nc2cccnc2)cc1)c1ccc(S(=O)(=O)N2CCOCC2)cc1. The maximum absolute atomic E-state index is 12.7. The van der Waals surface area contributed by atoms with Crippen LogP contribution in [0.15, 0.2) is 78.0 Å². The van der Waals surface area contributed by atoms with Gasteiger partial charge in [0.15, 0.2) is 0 Å². The molecule has 1 saturated heterocycles. The molecule has 1 aromatic heterocycles. The zero-order chi connectivity index (χ0) is 23.3. The molecule has 2 aromatic carbocycles. The van der Waals surface area contributed by atoms with Crippen LogP contribution in [0.3, 0.4) is 0 Å². The van der Waals surface area contributed by atoms with Crippen molar-refractivity contribution in [1.29, 1.82) is 0 Å². The Kier molecular flexibility index (Phi) is 6.78. The van der Waals surface area contributed by atoms with Gasteiger partial charge in [-0.3, -0.25) is 14.6 Å². The zero-order valence-electron chi connectivity index (χ0n) is 17.6. The fourth-order valence-corrected chi connectivity index (χ4v) is 4.67. The van der Waals surface area contributed by atoms with Gasteiger partial charge < -0.3 is 15.4 Å². The van der Waals surface area contributed by atoms with E-state index in [-0.39, 0.29) is 10.8 Å². The topological polar surface area (TPSA) is 118 Å². The molecule has 1 fully saturated rings. The summed E-state index contributed by atoms with van der Waals surface area (Å²) < 4.78 is 32.0. The minimum atomic E-state index is -3.62. The number of carbonyl (C=O) groups excluding carboxylic acids is 2. The highest BCUT2D eigenvalue weighted by Gasteiger charge is 2.26. The minimum absolute atomic E-state index is 0.130. The number of aromatic nitrogens is 1. The normalized spacial score (nSPS) is 14.4. The van der Waals surface area contributed by atoms with Gasteiger partial charge in [-0.1, -0.05) is 0 Å². The van der Waals surface area contributed by atoms with Crippen LogP contribution in [0.5, 0.6) is 0 Å². The molecule has 0 atom stereocenters. The summed E-state index contributed by atoms with van der Waals surface area (Å²) in [5, 5.41) is 5.48. The molecule has 2 amide bonds. The van der Waals surface area contributed by atoms with Gasteiger partial charge in [-0.05, 0) is 60.7 Å².